The third-order valence-corrected chi connectivity index (χ3v) is 5.77. The molecule has 2 aliphatic heterocycles. The van der Waals surface area contributed by atoms with Crippen molar-refractivity contribution in [2.75, 3.05) is 26.2 Å². The van der Waals surface area contributed by atoms with Gasteiger partial charge in [0.1, 0.15) is 29.9 Å². The van der Waals surface area contributed by atoms with Crippen LogP contribution >= 0.6 is 0 Å². The molecule has 1 unspecified atom stereocenters. The van der Waals surface area contributed by atoms with Crippen LogP contribution < -0.4 is 4.74 Å². The number of likely N-dealkylation sites (tertiary alicyclic amines) is 2. The van der Waals surface area contributed by atoms with Crippen molar-refractivity contribution in [3.05, 3.63) is 35.8 Å². The van der Waals surface area contributed by atoms with Crippen molar-refractivity contribution in [2.45, 2.75) is 44.5 Å². The topological polar surface area (TPSA) is 69.5 Å². The zero-order chi connectivity index (χ0) is 21.3. The van der Waals surface area contributed by atoms with Crippen LogP contribution in [0.25, 0.3) is 10.9 Å². The Balaban J connectivity index is 1.35. The SMILES string of the molecule is Cc1cc(OC2CCN(CC(=O)N3C[C@@H](F)CC3C#N)CC2)c2cc(F)ccc2n1. The largest absolute Gasteiger partial charge is 0.490 e. The van der Waals surface area contributed by atoms with E-state index in [1.54, 1.807) is 6.07 Å². The maximum Gasteiger partial charge on any atom is 0.237 e. The molecule has 1 amide bonds. The molecule has 8 heteroatoms. The molecule has 0 spiro atoms. The summed E-state index contributed by atoms with van der Waals surface area (Å²) in [6, 6.07) is 7.63. The number of hydrogen-bond donors (Lipinski definition) is 0. The Morgan fingerprint density at radius 2 is 2.10 bits per heavy atom. The van der Waals surface area contributed by atoms with Crippen LogP contribution in [-0.2, 0) is 4.79 Å². The van der Waals surface area contributed by atoms with Crippen molar-refractivity contribution in [1.29, 1.82) is 5.26 Å². The third kappa shape index (κ3) is 4.36. The van der Waals surface area contributed by atoms with E-state index in [2.05, 4.69) is 4.98 Å². The molecule has 3 heterocycles. The molecule has 1 aromatic carbocycles. The van der Waals surface area contributed by atoms with E-state index in [0.29, 0.717) is 29.7 Å². The molecule has 0 radical (unpaired) electrons. The van der Waals surface area contributed by atoms with Gasteiger partial charge in [-0.2, -0.15) is 5.26 Å². The smallest absolute Gasteiger partial charge is 0.237 e. The van der Waals surface area contributed by atoms with E-state index >= 15 is 0 Å². The molecular formula is C22H24F2N4O2. The van der Waals surface area contributed by atoms with Crippen molar-refractivity contribution in [3.63, 3.8) is 0 Å². The zero-order valence-corrected chi connectivity index (χ0v) is 16.9. The van der Waals surface area contributed by atoms with E-state index in [9.17, 15) is 13.6 Å². The number of piperidine rings is 1. The maximum atomic E-state index is 13.7. The number of ether oxygens (including phenoxy) is 1. The monoisotopic (exact) mass is 414 g/mol. The Hall–Kier alpha value is -2.79. The zero-order valence-electron chi connectivity index (χ0n) is 16.9. The Bertz CT molecular complexity index is 985. The fourth-order valence-electron chi connectivity index (χ4n) is 4.22. The molecule has 0 bridgehead atoms. The van der Waals surface area contributed by atoms with Gasteiger partial charge in [0.25, 0.3) is 0 Å². The number of hydrogen-bond acceptors (Lipinski definition) is 5. The Morgan fingerprint density at radius 3 is 2.83 bits per heavy atom. The van der Waals surface area contributed by atoms with E-state index in [1.165, 1.54) is 17.0 Å². The number of halogens is 2. The lowest BCUT2D eigenvalue weighted by Crippen LogP contribution is -2.46. The molecule has 2 atom stereocenters. The predicted octanol–water partition coefficient (Wildman–Crippen LogP) is 2.99. The van der Waals surface area contributed by atoms with Gasteiger partial charge < -0.3 is 9.64 Å². The number of carbonyl (C=O) groups excluding carboxylic acids is 1. The lowest BCUT2D eigenvalue weighted by molar-refractivity contribution is -0.133. The third-order valence-electron chi connectivity index (χ3n) is 5.77. The first-order valence-corrected chi connectivity index (χ1v) is 10.2. The number of aromatic nitrogens is 1. The summed E-state index contributed by atoms with van der Waals surface area (Å²) < 4.78 is 33.5. The maximum absolute atomic E-state index is 13.7. The number of nitrogens with zero attached hydrogens (tertiary/aromatic N) is 4. The van der Waals surface area contributed by atoms with E-state index in [1.807, 2.05) is 24.0 Å². The van der Waals surface area contributed by atoms with Gasteiger partial charge in [-0.25, -0.2) is 8.78 Å². The highest BCUT2D eigenvalue weighted by Gasteiger charge is 2.36. The second-order valence-corrected chi connectivity index (χ2v) is 8.04. The van der Waals surface area contributed by atoms with Crippen LogP contribution in [0.3, 0.4) is 0 Å². The molecule has 2 aliphatic rings. The number of aryl methyl sites for hydroxylation is 1. The molecule has 158 valence electrons. The lowest BCUT2D eigenvalue weighted by Gasteiger charge is -2.33. The summed E-state index contributed by atoms with van der Waals surface area (Å²) in [5.41, 5.74) is 1.49. The molecule has 0 aliphatic carbocycles. The summed E-state index contributed by atoms with van der Waals surface area (Å²) in [5.74, 6) is 0.0844. The summed E-state index contributed by atoms with van der Waals surface area (Å²) in [6.07, 6.45) is 0.371. The number of fused-ring (bicyclic) bond motifs is 1. The molecule has 2 saturated heterocycles. The van der Waals surface area contributed by atoms with Gasteiger partial charge in [-0.1, -0.05) is 0 Å². The molecule has 6 nitrogen and oxygen atoms in total. The van der Waals surface area contributed by atoms with E-state index < -0.39 is 12.2 Å². The van der Waals surface area contributed by atoms with Crippen LogP contribution in [-0.4, -0.2) is 65.2 Å². The quantitative estimate of drug-likeness (QED) is 0.769. The fraction of sp³-hybridized carbons (Fsp3) is 0.500. The first-order chi connectivity index (χ1) is 14.4. The van der Waals surface area contributed by atoms with Gasteiger partial charge in [0.15, 0.2) is 0 Å². The number of rotatable bonds is 4. The lowest BCUT2D eigenvalue weighted by atomic mass is 10.1. The first-order valence-electron chi connectivity index (χ1n) is 10.2. The minimum Gasteiger partial charge on any atom is -0.490 e. The average Bonchev–Trinajstić information content (AvgIpc) is 3.11. The summed E-state index contributed by atoms with van der Waals surface area (Å²) >= 11 is 0. The summed E-state index contributed by atoms with van der Waals surface area (Å²) in [6.45, 7) is 3.38. The number of pyridine rings is 1. The van der Waals surface area contributed by atoms with Gasteiger partial charge >= 0.3 is 0 Å². The van der Waals surface area contributed by atoms with Crippen molar-refractivity contribution in [1.82, 2.24) is 14.8 Å². The first kappa shape index (κ1) is 20.5. The van der Waals surface area contributed by atoms with Crippen LogP contribution in [0, 0.1) is 24.1 Å². The number of benzene rings is 1. The van der Waals surface area contributed by atoms with Crippen LogP contribution in [0.2, 0.25) is 0 Å². The molecular weight excluding hydrogens is 390 g/mol. The van der Waals surface area contributed by atoms with E-state index in [4.69, 9.17) is 10.00 Å². The number of carbonyl (C=O) groups is 1. The summed E-state index contributed by atoms with van der Waals surface area (Å²) in [5, 5.41) is 9.78. The van der Waals surface area contributed by atoms with Crippen LogP contribution in [0.1, 0.15) is 25.0 Å². The van der Waals surface area contributed by atoms with Crippen molar-refractivity contribution >= 4 is 16.8 Å². The van der Waals surface area contributed by atoms with Gasteiger partial charge in [-0.05, 0) is 38.0 Å². The van der Waals surface area contributed by atoms with Gasteiger partial charge in [-0.3, -0.25) is 14.7 Å². The van der Waals surface area contributed by atoms with E-state index in [-0.39, 0.29) is 37.3 Å². The number of nitriles is 1. The molecule has 2 aromatic rings. The van der Waals surface area contributed by atoms with Gasteiger partial charge in [0.2, 0.25) is 5.91 Å². The fourth-order valence-corrected chi connectivity index (χ4v) is 4.22. The Kier molecular flexibility index (Phi) is 5.82. The minimum atomic E-state index is -1.12. The second-order valence-electron chi connectivity index (χ2n) is 8.04. The second kappa shape index (κ2) is 8.52. The predicted molar refractivity (Wildman–Crippen MR) is 107 cm³/mol. The molecule has 4 rings (SSSR count). The van der Waals surface area contributed by atoms with Gasteiger partial charge in [-0.15, -0.1) is 0 Å². The molecule has 0 N–H and O–H groups in total. The molecule has 1 aromatic heterocycles. The van der Waals surface area contributed by atoms with E-state index in [0.717, 1.165) is 18.5 Å². The highest BCUT2D eigenvalue weighted by molar-refractivity contribution is 5.85. The summed E-state index contributed by atoms with van der Waals surface area (Å²) in [7, 11) is 0. The van der Waals surface area contributed by atoms with Gasteiger partial charge in [0.05, 0.1) is 24.7 Å². The Morgan fingerprint density at radius 1 is 1.33 bits per heavy atom. The standard InChI is InChI=1S/C22H24F2N4O2/c1-14-8-21(19-10-15(23)2-3-20(19)26-14)30-18-4-6-27(7-5-18)13-22(29)28-12-16(24)9-17(28)11-25/h2-3,8,10,16-18H,4-7,9,12-13H2,1H3/t16-,17?/m0/s1. The van der Waals surface area contributed by atoms with Gasteiger partial charge in [0, 0.05) is 36.7 Å². The minimum absolute atomic E-state index is 0.00165. The highest BCUT2D eigenvalue weighted by atomic mass is 19.1. The summed E-state index contributed by atoms with van der Waals surface area (Å²) in [4.78, 5) is 20.3. The molecule has 0 saturated carbocycles. The number of amides is 1. The highest BCUT2D eigenvalue weighted by Crippen LogP contribution is 2.29. The van der Waals surface area contributed by atoms with Crippen molar-refractivity contribution in [2.24, 2.45) is 0 Å². The van der Waals surface area contributed by atoms with Crippen LogP contribution in [0.15, 0.2) is 24.3 Å². The van der Waals surface area contributed by atoms with Crippen molar-refractivity contribution in [3.8, 4) is 11.8 Å². The van der Waals surface area contributed by atoms with Crippen LogP contribution in [0.4, 0.5) is 8.78 Å². The molecule has 2 fully saturated rings. The average molecular weight is 414 g/mol. The normalized spacial score (nSPS) is 22.9. The van der Waals surface area contributed by atoms with Crippen molar-refractivity contribution < 1.29 is 18.3 Å². The Labute approximate surface area is 174 Å². The number of alkyl halides is 1. The molecule has 30 heavy (non-hydrogen) atoms. The van der Waals surface area contributed by atoms with Crippen LogP contribution in [0.5, 0.6) is 5.75 Å².